The van der Waals surface area contributed by atoms with Gasteiger partial charge >= 0.3 is 0 Å². The van der Waals surface area contributed by atoms with Crippen LogP contribution in [0.4, 0.5) is 8.78 Å². The molecule has 1 aromatic heterocycles. The molecule has 11 heteroatoms. The van der Waals surface area contributed by atoms with E-state index in [2.05, 4.69) is 16.5 Å². The van der Waals surface area contributed by atoms with Gasteiger partial charge in [-0.1, -0.05) is 19.1 Å². The molecule has 41 heavy (non-hydrogen) atoms. The quantitative estimate of drug-likeness (QED) is 0.315. The lowest BCUT2D eigenvalue weighted by molar-refractivity contribution is -0.138. The average molecular weight is 573 g/mol. The van der Waals surface area contributed by atoms with Gasteiger partial charge in [-0.3, -0.25) is 9.69 Å². The summed E-state index contributed by atoms with van der Waals surface area (Å²) in [5.41, 5.74) is -0.477. The highest BCUT2D eigenvalue weighted by Crippen LogP contribution is 2.22. The molecule has 1 aliphatic rings. The van der Waals surface area contributed by atoms with Crippen LogP contribution in [0, 0.1) is 11.6 Å². The first kappa shape index (κ1) is 30.4. The number of aromatic nitrogens is 2. The summed E-state index contributed by atoms with van der Waals surface area (Å²) in [4.78, 5) is 20.6. The number of benzene rings is 2. The molecule has 1 atom stereocenters. The maximum absolute atomic E-state index is 13.7. The molecule has 1 saturated heterocycles. The first-order valence-corrected chi connectivity index (χ1v) is 13.8. The third kappa shape index (κ3) is 8.72. The van der Waals surface area contributed by atoms with Gasteiger partial charge in [0.05, 0.1) is 13.2 Å². The standard InChI is InChI=1S/C30H38F2N4O5/c1-3-28-33-10-12-35(28)11-5-15-40-24-7-4-6-23(16-24)18-34-13-14-36(29(37)19-39-2)21-30(38,20-34)22-41-25-8-9-26(31)27(32)17-25/h4,6-10,12,16-17,38H,3,5,11,13-15,18-22H2,1-2H3/t30-/m0/s1. The lowest BCUT2D eigenvalue weighted by Gasteiger charge is -2.33. The molecule has 0 spiro atoms. The van der Waals surface area contributed by atoms with Crippen molar-refractivity contribution < 1.29 is 32.9 Å². The van der Waals surface area contributed by atoms with E-state index < -0.39 is 17.2 Å². The van der Waals surface area contributed by atoms with E-state index >= 15 is 0 Å². The minimum absolute atomic E-state index is 0.00911. The van der Waals surface area contributed by atoms with Crippen molar-refractivity contribution in [1.82, 2.24) is 19.4 Å². The maximum Gasteiger partial charge on any atom is 0.248 e. The molecule has 1 N–H and O–H groups in total. The lowest BCUT2D eigenvalue weighted by atomic mass is 10.0. The molecular formula is C30H38F2N4O5. The van der Waals surface area contributed by atoms with Gasteiger partial charge in [-0.2, -0.15) is 0 Å². The molecule has 2 heterocycles. The number of amides is 1. The second kappa shape index (κ2) is 14.4. The summed E-state index contributed by atoms with van der Waals surface area (Å²) >= 11 is 0. The van der Waals surface area contributed by atoms with Crippen LogP contribution in [-0.2, 0) is 29.0 Å². The van der Waals surface area contributed by atoms with Crippen molar-refractivity contribution in [3.05, 3.63) is 77.9 Å². The Hall–Kier alpha value is -3.54. The third-order valence-electron chi connectivity index (χ3n) is 6.94. The number of rotatable bonds is 13. The van der Waals surface area contributed by atoms with Gasteiger partial charge in [0.25, 0.3) is 0 Å². The van der Waals surface area contributed by atoms with Crippen molar-refractivity contribution in [2.45, 2.75) is 38.5 Å². The van der Waals surface area contributed by atoms with Crippen molar-refractivity contribution in [2.24, 2.45) is 0 Å². The zero-order valence-corrected chi connectivity index (χ0v) is 23.6. The highest BCUT2D eigenvalue weighted by molar-refractivity contribution is 5.77. The number of methoxy groups -OCH3 is 1. The van der Waals surface area contributed by atoms with Crippen LogP contribution in [0.5, 0.6) is 11.5 Å². The number of imidazole rings is 1. The zero-order valence-electron chi connectivity index (χ0n) is 23.6. The summed E-state index contributed by atoms with van der Waals surface area (Å²) in [5, 5.41) is 11.6. The van der Waals surface area contributed by atoms with Gasteiger partial charge in [0.2, 0.25) is 5.91 Å². The fourth-order valence-electron chi connectivity index (χ4n) is 4.95. The number of β-amino-alcohol motifs (C(OH)–C–C–N with tert-alkyl or cyclic N) is 1. The van der Waals surface area contributed by atoms with Crippen LogP contribution in [0.25, 0.3) is 0 Å². The molecule has 0 saturated carbocycles. The molecule has 4 rings (SSSR count). The molecular weight excluding hydrogens is 534 g/mol. The SMILES string of the molecule is CCc1nccn1CCCOc1cccc(CN2CCN(C(=O)COC)C[C@](O)(COc3ccc(F)c(F)c3)C2)c1. The second-order valence-electron chi connectivity index (χ2n) is 10.3. The fraction of sp³-hybridized carbons (Fsp3) is 0.467. The summed E-state index contributed by atoms with van der Waals surface area (Å²) < 4.78 is 45.8. The van der Waals surface area contributed by atoms with E-state index in [0.717, 1.165) is 48.7 Å². The number of halogens is 2. The minimum Gasteiger partial charge on any atom is -0.494 e. The minimum atomic E-state index is -1.47. The summed E-state index contributed by atoms with van der Waals surface area (Å²) in [7, 11) is 1.44. The van der Waals surface area contributed by atoms with E-state index in [4.69, 9.17) is 14.2 Å². The molecule has 9 nitrogen and oxygen atoms in total. The highest BCUT2D eigenvalue weighted by Gasteiger charge is 2.37. The molecule has 0 aliphatic carbocycles. The van der Waals surface area contributed by atoms with Crippen molar-refractivity contribution >= 4 is 5.91 Å². The Balaban J connectivity index is 1.38. The van der Waals surface area contributed by atoms with Gasteiger partial charge in [-0.25, -0.2) is 13.8 Å². The summed E-state index contributed by atoms with van der Waals surface area (Å²) in [6.45, 7) is 4.76. The van der Waals surface area contributed by atoms with E-state index in [1.54, 1.807) is 4.90 Å². The van der Waals surface area contributed by atoms with Crippen molar-refractivity contribution in [2.75, 3.05) is 53.1 Å². The van der Waals surface area contributed by atoms with E-state index in [9.17, 15) is 18.7 Å². The van der Waals surface area contributed by atoms with Crippen LogP contribution in [0.15, 0.2) is 54.9 Å². The Morgan fingerprint density at radius 3 is 2.68 bits per heavy atom. The van der Waals surface area contributed by atoms with Crippen molar-refractivity contribution in [3.8, 4) is 11.5 Å². The molecule has 2 aromatic carbocycles. The zero-order chi connectivity index (χ0) is 29.2. The molecule has 1 fully saturated rings. The van der Waals surface area contributed by atoms with Crippen LogP contribution < -0.4 is 9.47 Å². The monoisotopic (exact) mass is 572 g/mol. The number of carbonyl (C=O) groups is 1. The number of aliphatic hydroxyl groups is 1. The van der Waals surface area contributed by atoms with Gasteiger partial charge in [0.1, 0.15) is 36.1 Å². The van der Waals surface area contributed by atoms with Gasteiger partial charge < -0.3 is 28.8 Å². The predicted molar refractivity (Wildman–Crippen MR) is 149 cm³/mol. The van der Waals surface area contributed by atoms with Gasteiger partial charge in [-0.15, -0.1) is 0 Å². The van der Waals surface area contributed by atoms with Crippen LogP contribution in [0.3, 0.4) is 0 Å². The van der Waals surface area contributed by atoms with Gasteiger partial charge in [0.15, 0.2) is 11.6 Å². The fourth-order valence-corrected chi connectivity index (χ4v) is 4.95. The number of aryl methyl sites for hydroxylation is 2. The molecule has 0 bridgehead atoms. The van der Waals surface area contributed by atoms with Crippen molar-refractivity contribution in [3.63, 3.8) is 0 Å². The normalized spacial score (nSPS) is 17.8. The Bertz CT molecular complexity index is 1290. The van der Waals surface area contributed by atoms with Crippen molar-refractivity contribution in [1.29, 1.82) is 0 Å². The first-order valence-electron chi connectivity index (χ1n) is 13.8. The average Bonchev–Trinajstić information content (AvgIpc) is 3.34. The molecule has 1 aliphatic heterocycles. The largest absolute Gasteiger partial charge is 0.494 e. The number of ether oxygens (including phenoxy) is 3. The summed E-state index contributed by atoms with van der Waals surface area (Å²) in [6.07, 6.45) is 5.52. The molecule has 1 amide bonds. The Morgan fingerprint density at radius 2 is 1.90 bits per heavy atom. The summed E-state index contributed by atoms with van der Waals surface area (Å²) in [5.74, 6) is -0.370. The number of nitrogens with zero attached hydrogens (tertiary/aromatic N) is 4. The van der Waals surface area contributed by atoms with Gasteiger partial charge in [0, 0.05) is 64.7 Å². The van der Waals surface area contributed by atoms with E-state index in [1.807, 2.05) is 41.6 Å². The molecule has 0 radical (unpaired) electrons. The molecule has 0 unspecified atom stereocenters. The number of hydrogen-bond acceptors (Lipinski definition) is 7. The van der Waals surface area contributed by atoms with E-state index in [-0.39, 0.29) is 38.0 Å². The summed E-state index contributed by atoms with van der Waals surface area (Å²) in [6, 6.07) is 11.0. The Kier molecular flexibility index (Phi) is 10.7. The van der Waals surface area contributed by atoms with E-state index in [1.165, 1.54) is 13.2 Å². The van der Waals surface area contributed by atoms with Crippen LogP contribution >= 0.6 is 0 Å². The molecule has 222 valence electrons. The third-order valence-corrected chi connectivity index (χ3v) is 6.94. The highest BCUT2D eigenvalue weighted by atomic mass is 19.2. The van der Waals surface area contributed by atoms with Crippen LogP contribution in [0.2, 0.25) is 0 Å². The maximum atomic E-state index is 13.7. The molecule has 3 aromatic rings. The lowest BCUT2D eigenvalue weighted by Crippen LogP contribution is -2.52. The number of carbonyl (C=O) groups excluding carboxylic acids is 1. The smallest absolute Gasteiger partial charge is 0.248 e. The second-order valence-corrected chi connectivity index (χ2v) is 10.3. The Morgan fingerprint density at radius 1 is 1.07 bits per heavy atom. The van der Waals surface area contributed by atoms with Gasteiger partial charge in [-0.05, 0) is 36.2 Å². The Labute approximate surface area is 239 Å². The predicted octanol–water partition coefficient (Wildman–Crippen LogP) is 3.29. The first-order chi connectivity index (χ1) is 19.8. The topological polar surface area (TPSA) is 89.3 Å². The van der Waals surface area contributed by atoms with E-state index in [0.29, 0.717) is 26.2 Å². The van der Waals surface area contributed by atoms with Crippen LogP contribution in [-0.4, -0.2) is 89.1 Å². The van der Waals surface area contributed by atoms with Crippen LogP contribution in [0.1, 0.15) is 24.7 Å². The number of hydrogen-bond donors (Lipinski definition) is 1.